The van der Waals surface area contributed by atoms with E-state index in [4.69, 9.17) is 11.6 Å². The molecular formula is C14H9ClFN3S. The number of thiophene rings is 1. The van der Waals surface area contributed by atoms with Crippen molar-refractivity contribution >= 4 is 44.5 Å². The average molecular weight is 306 g/mol. The molecule has 0 radical (unpaired) electrons. The zero-order valence-electron chi connectivity index (χ0n) is 10.1. The molecule has 0 spiro atoms. The normalized spacial score (nSPS) is 11.5. The first-order chi connectivity index (χ1) is 9.72. The SMILES string of the molecule is Fc1ccc(Nc2[nH][nH]c3c4ccsc4cc2-3)cc1Cl. The monoisotopic (exact) mass is 305 g/mol. The summed E-state index contributed by atoms with van der Waals surface area (Å²) in [7, 11) is 0. The predicted octanol–water partition coefficient (Wildman–Crippen LogP) is 5.20. The minimum Gasteiger partial charge on any atom is -0.340 e. The van der Waals surface area contributed by atoms with E-state index in [0.29, 0.717) is 0 Å². The van der Waals surface area contributed by atoms with E-state index in [-0.39, 0.29) is 5.02 Å². The van der Waals surface area contributed by atoms with E-state index < -0.39 is 5.82 Å². The summed E-state index contributed by atoms with van der Waals surface area (Å²) in [4.78, 5) is 0. The molecule has 0 fully saturated rings. The highest BCUT2D eigenvalue weighted by atomic mass is 35.5. The Kier molecular flexibility index (Phi) is 2.52. The first-order valence-electron chi connectivity index (χ1n) is 6.01. The summed E-state index contributed by atoms with van der Waals surface area (Å²) < 4.78 is 14.4. The van der Waals surface area contributed by atoms with E-state index in [1.807, 2.05) is 0 Å². The fourth-order valence-electron chi connectivity index (χ4n) is 2.33. The third kappa shape index (κ3) is 1.71. The molecule has 4 rings (SSSR count). The Balaban J connectivity index is 1.75. The van der Waals surface area contributed by atoms with Crippen LogP contribution < -0.4 is 5.32 Å². The molecule has 1 aromatic heterocycles. The summed E-state index contributed by atoms with van der Waals surface area (Å²) in [6, 6.07) is 8.77. The number of aromatic nitrogens is 2. The number of rotatable bonds is 2. The quantitative estimate of drug-likeness (QED) is 0.468. The van der Waals surface area contributed by atoms with Crippen LogP contribution in [0.5, 0.6) is 0 Å². The molecule has 100 valence electrons. The fourth-order valence-corrected chi connectivity index (χ4v) is 3.34. The van der Waals surface area contributed by atoms with Crippen LogP contribution in [0.1, 0.15) is 0 Å². The van der Waals surface area contributed by atoms with Crippen molar-refractivity contribution < 1.29 is 4.39 Å². The number of H-pyrrole nitrogens is 2. The van der Waals surface area contributed by atoms with Crippen LogP contribution in [0.4, 0.5) is 15.9 Å². The molecule has 0 saturated heterocycles. The summed E-state index contributed by atoms with van der Waals surface area (Å²) >= 11 is 7.49. The largest absolute Gasteiger partial charge is 0.340 e. The second-order valence-corrected chi connectivity index (χ2v) is 5.87. The summed E-state index contributed by atoms with van der Waals surface area (Å²) in [6.45, 7) is 0. The maximum absolute atomic E-state index is 13.2. The van der Waals surface area contributed by atoms with Crippen molar-refractivity contribution in [2.75, 3.05) is 5.32 Å². The van der Waals surface area contributed by atoms with Gasteiger partial charge in [-0.2, -0.15) is 0 Å². The first kappa shape index (κ1) is 11.8. The molecule has 3 nitrogen and oxygen atoms in total. The lowest BCUT2D eigenvalue weighted by atomic mass is 10.2. The number of anilines is 2. The molecule has 0 bridgehead atoms. The number of aromatic amines is 2. The van der Waals surface area contributed by atoms with Gasteiger partial charge in [0.2, 0.25) is 0 Å². The first-order valence-corrected chi connectivity index (χ1v) is 7.26. The van der Waals surface area contributed by atoms with Gasteiger partial charge in [0, 0.05) is 21.3 Å². The van der Waals surface area contributed by atoms with Crippen LogP contribution in [-0.2, 0) is 0 Å². The highest BCUT2D eigenvalue weighted by Crippen LogP contribution is 2.40. The zero-order valence-corrected chi connectivity index (χ0v) is 11.7. The van der Waals surface area contributed by atoms with Crippen LogP contribution in [0, 0.1) is 5.82 Å². The van der Waals surface area contributed by atoms with Crippen LogP contribution in [-0.4, -0.2) is 10.2 Å². The Morgan fingerprint density at radius 2 is 2.05 bits per heavy atom. The minimum absolute atomic E-state index is 0.102. The number of nitrogens with one attached hydrogen (secondary N) is 3. The fraction of sp³-hybridized carbons (Fsp3) is 0. The summed E-state index contributed by atoms with van der Waals surface area (Å²) in [5.41, 5.74) is 2.88. The molecule has 2 aromatic rings. The van der Waals surface area contributed by atoms with E-state index >= 15 is 0 Å². The van der Waals surface area contributed by atoms with Gasteiger partial charge in [0.05, 0.1) is 10.7 Å². The molecule has 2 heterocycles. The molecule has 0 amide bonds. The minimum atomic E-state index is -0.422. The Morgan fingerprint density at radius 1 is 1.15 bits per heavy atom. The van der Waals surface area contributed by atoms with Crippen molar-refractivity contribution in [1.29, 1.82) is 0 Å². The van der Waals surface area contributed by atoms with Gasteiger partial charge < -0.3 is 5.32 Å². The van der Waals surface area contributed by atoms with Crippen LogP contribution in [0.25, 0.3) is 21.3 Å². The second kappa shape index (κ2) is 4.26. The van der Waals surface area contributed by atoms with Crippen LogP contribution in [0.3, 0.4) is 0 Å². The van der Waals surface area contributed by atoms with E-state index in [1.165, 1.54) is 16.2 Å². The molecule has 0 saturated carbocycles. The van der Waals surface area contributed by atoms with Crippen molar-refractivity contribution in [2.45, 2.75) is 0 Å². The van der Waals surface area contributed by atoms with E-state index in [1.54, 1.807) is 23.5 Å². The highest BCUT2D eigenvalue weighted by molar-refractivity contribution is 7.17. The van der Waals surface area contributed by atoms with Gasteiger partial charge >= 0.3 is 0 Å². The lowest BCUT2D eigenvalue weighted by Gasteiger charge is -2.05. The predicted molar refractivity (Wildman–Crippen MR) is 81.8 cm³/mol. The number of hydrogen-bond acceptors (Lipinski definition) is 2. The molecule has 6 heteroatoms. The summed E-state index contributed by atoms with van der Waals surface area (Å²) in [5, 5.41) is 12.8. The number of hydrogen-bond donors (Lipinski definition) is 3. The van der Waals surface area contributed by atoms with Crippen molar-refractivity contribution in [2.24, 2.45) is 0 Å². The number of halogens is 2. The van der Waals surface area contributed by atoms with Crippen LogP contribution in [0.15, 0.2) is 35.7 Å². The zero-order chi connectivity index (χ0) is 13.7. The van der Waals surface area contributed by atoms with Gasteiger partial charge in [-0.05, 0) is 35.7 Å². The Morgan fingerprint density at radius 3 is 2.90 bits per heavy atom. The van der Waals surface area contributed by atoms with Crippen LogP contribution in [0.2, 0.25) is 5.02 Å². The number of benzene rings is 1. The topological polar surface area (TPSA) is 43.6 Å². The van der Waals surface area contributed by atoms with Gasteiger partial charge in [-0.3, -0.25) is 10.2 Å². The Bertz CT molecular complexity index is 876. The van der Waals surface area contributed by atoms with Crippen molar-refractivity contribution in [3.63, 3.8) is 0 Å². The Hall–Kier alpha value is -1.98. The number of fused-ring (bicyclic) bond motifs is 3. The van der Waals surface area contributed by atoms with Gasteiger partial charge in [-0.1, -0.05) is 11.6 Å². The van der Waals surface area contributed by atoms with Crippen molar-refractivity contribution in [3.8, 4) is 11.3 Å². The Labute approximate surface area is 122 Å². The van der Waals surface area contributed by atoms with E-state index in [0.717, 1.165) is 22.8 Å². The van der Waals surface area contributed by atoms with Gasteiger partial charge in [-0.25, -0.2) is 4.39 Å². The molecule has 3 N–H and O–H groups in total. The molecule has 0 unspecified atom stereocenters. The molecule has 20 heavy (non-hydrogen) atoms. The average Bonchev–Trinajstić information content (AvgIpc) is 3.07. The third-order valence-corrected chi connectivity index (χ3v) is 4.43. The van der Waals surface area contributed by atoms with E-state index in [9.17, 15) is 4.39 Å². The van der Waals surface area contributed by atoms with Crippen molar-refractivity contribution in [1.82, 2.24) is 10.2 Å². The van der Waals surface area contributed by atoms with Gasteiger partial charge in [-0.15, -0.1) is 11.3 Å². The standard InChI is InChI=1S/C14H9ClFN3S/c15-10-5-7(1-2-11(10)16)17-14-9-6-12-8(3-4-20-12)13(9)18-19-14/h1-6,17-19H. The van der Waals surface area contributed by atoms with Crippen molar-refractivity contribution in [3.05, 3.63) is 46.6 Å². The highest BCUT2D eigenvalue weighted by Gasteiger charge is 2.17. The lowest BCUT2D eigenvalue weighted by Crippen LogP contribution is -1.92. The molecule has 1 aliphatic heterocycles. The molecular weight excluding hydrogens is 297 g/mol. The van der Waals surface area contributed by atoms with Crippen LogP contribution >= 0.6 is 22.9 Å². The lowest BCUT2D eigenvalue weighted by molar-refractivity contribution is 0.628. The molecule has 1 aromatic carbocycles. The van der Waals surface area contributed by atoms with Gasteiger partial charge in [0.25, 0.3) is 0 Å². The van der Waals surface area contributed by atoms with E-state index in [2.05, 4.69) is 33.0 Å². The van der Waals surface area contributed by atoms with Gasteiger partial charge in [0.15, 0.2) is 0 Å². The summed E-state index contributed by atoms with van der Waals surface area (Å²) in [5.74, 6) is 0.417. The molecule has 2 aliphatic rings. The van der Waals surface area contributed by atoms with Gasteiger partial charge in [0.1, 0.15) is 11.6 Å². The molecule has 1 aliphatic carbocycles. The summed E-state index contributed by atoms with van der Waals surface area (Å²) in [6.07, 6.45) is 0. The maximum atomic E-state index is 13.2. The third-order valence-electron chi connectivity index (χ3n) is 3.28. The maximum Gasteiger partial charge on any atom is 0.141 e. The second-order valence-electron chi connectivity index (χ2n) is 4.51. The molecule has 0 atom stereocenters. The smallest absolute Gasteiger partial charge is 0.141 e.